The molecule has 3 N–H and O–H groups in total. The summed E-state index contributed by atoms with van der Waals surface area (Å²) in [5, 5.41) is 2.42. The van der Waals surface area contributed by atoms with E-state index in [9.17, 15) is 9.59 Å². The molecule has 0 spiro atoms. The number of rotatable bonds is 6. The Labute approximate surface area is 204 Å². The zero-order valence-corrected chi connectivity index (χ0v) is 21.6. The van der Waals surface area contributed by atoms with Crippen LogP contribution in [0.25, 0.3) is 0 Å². The van der Waals surface area contributed by atoms with Crippen molar-refractivity contribution in [2.75, 3.05) is 13.2 Å². The van der Waals surface area contributed by atoms with Crippen LogP contribution in [0.4, 0.5) is 0 Å². The summed E-state index contributed by atoms with van der Waals surface area (Å²) in [5.74, 6) is 0.292. The van der Waals surface area contributed by atoms with E-state index < -0.39 is 11.8 Å². The third kappa shape index (κ3) is 7.22. The summed E-state index contributed by atoms with van der Waals surface area (Å²) in [7, 11) is 0. The Morgan fingerprint density at radius 2 is 1.77 bits per heavy atom. The molecule has 0 unspecified atom stereocenters. The van der Waals surface area contributed by atoms with Gasteiger partial charge < -0.3 is 9.47 Å². The topological polar surface area (TPSA) is 88.7 Å². The summed E-state index contributed by atoms with van der Waals surface area (Å²) in [6.45, 7) is 4.01. The van der Waals surface area contributed by atoms with E-state index >= 15 is 0 Å². The van der Waals surface area contributed by atoms with E-state index in [0.717, 1.165) is 14.5 Å². The fraction of sp³-hybridized carbons (Fsp3) is 0.211. The largest absolute Gasteiger partial charge is 0.493 e. The highest BCUT2D eigenvalue weighted by atomic mass is 79.9. The number of halogens is 3. The molecule has 0 bridgehead atoms. The maximum Gasteiger partial charge on any atom is 0.276 e. The van der Waals surface area contributed by atoms with Crippen LogP contribution in [0.2, 0.25) is 0 Å². The minimum Gasteiger partial charge on any atom is -0.493 e. The molecule has 7 nitrogen and oxygen atoms in total. The third-order valence-corrected chi connectivity index (χ3v) is 5.45. The molecule has 0 aliphatic heterocycles. The van der Waals surface area contributed by atoms with Crippen LogP contribution in [-0.4, -0.2) is 30.1 Å². The number of hydrazine groups is 1. The smallest absolute Gasteiger partial charge is 0.276 e. The van der Waals surface area contributed by atoms with Gasteiger partial charge in [0, 0.05) is 10.0 Å². The molecule has 2 amide bonds. The van der Waals surface area contributed by atoms with Gasteiger partial charge in [0.25, 0.3) is 11.8 Å². The summed E-state index contributed by atoms with van der Waals surface area (Å²) in [5.41, 5.74) is 6.08. The molecule has 0 heterocycles. The molecule has 2 aromatic rings. The molecule has 0 atom stereocenters. The van der Waals surface area contributed by atoms with Crippen molar-refractivity contribution >= 4 is 76.9 Å². The number of hydrogen-bond donors (Lipinski definition) is 3. The maximum absolute atomic E-state index is 12.3. The number of carbonyl (C=O) groups is 2. The summed E-state index contributed by atoms with van der Waals surface area (Å²) in [4.78, 5) is 24.3. The third-order valence-electron chi connectivity index (χ3n) is 3.58. The van der Waals surface area contributed by atoms with Crippen molar-refractivity contribution in [1.82, 2.24) is 16.2 Å². The highest BCUT2D eigenvalue weighted by Crippen LogP contribution is 2.32. The van der Waals surface area contributed by atoms with Gasteiger partial charge >= 0.3 is 0 Å². The van der Waals surface area contributed by atoms with Crippen molar-refractivity contribution in [1.29, 1.82) is 0 Å². The van der Waals surface area contributed by atoms with Crippen LogP contribution < -0.4 is 25.6 Å². The summed E-state index contributed by atoms with van der Waals surface area (Å²) >= 11 is 15.2. The quantitative estimate of drug-likeness (QED) is 0.327. The molecule has 0 saturated heterocycles. The zero-order valence-electron chi connectivity index (χ0n) is 16.0. The maximum atomic E-state index is 12.3. The predicted octanol–water partition coefficient (Wildman–Crippen LogP) is 4.40. The summed E-state index contributed by atoms with van der Waals surface area (Å²) in [6.07, 6.45) is 0. The van der Waals surface area contributed by atoms with Crippen molar-refractivity contribution < 1.29 is 19.1 Å². The van der Waals surface area contributed by atoms with Crippen LogP contribution in [0.15, 0.2) is 43.7 Å². The second-order valence-corrected chi connectivity index (χ2v) is 8.89. The SMILES string of the molecule is CCOc1ccc(C(=O)NC(=S)NNC(=O)COc2c(C)cc(Br)cc2Br)cc1Br. The van der Waals surface area contributed by atoms with E-state index in [4.69, 9.17) is 21.7 Å². The van der Waals surface area contributed by atoms with E-state index in [2.05, 4.69) is 64.0 Å². The van der Waals surface area contributed by atoms with E-state index in [1.54, 1.807) is 18.2 Å². The molecule has 11 heteroatoms. The molecule has 2 aromatic carbocycles. The first kappa shape index (κ1) is 24.6. The molecule has 0 aromatic heterocycles. The lowest BCUT2D eigenvalue weighted by molar-refractivity contribution is -0.123. The molecular formula is C19H18Br3N3O4S. The van der Waals surface area contributed by atoms with Gasteiger partial charge in [-0.1, -0.05) is 15.9 Å². The van der Waals surface area contributed by atoms with Gasteiger partial charge in [-0.2, -0.15) is 0 Å². The zero-order chi connectivity index (χ0) is 22.3. The second kappa shape index (κ2) is 11.6. The fourth-order valence-corrected chi connectivity index (χ4v) is 4.48. The molecule has 0 saturated carbocycles. The van der Waals surface area contributed by atoms with Crippen LogP contribution in [0.1, 0.15) is 22.8 Å². The van der Waals surface area contributed by atoms with E-state index in [1.807, 2.05) is 26.0 Å². The van der Waals surface area contributed by atoms with Crippen molar-refractivity contribution in [3.05, 3.63) is 54.9 Å². The monoisotopic (exact) mass is 621 g/mol. The van der Waals surface area contributed by atoms with Crippen LogP contribution in [0.5, 0.6) is 11.5 Å². The number of benzene rings is 2. The fourth-order valence-electron chi connectivity index (χ4n) is 2.29. The highest BCUT2D eigenvalue weighted by Gasteiger charge is 2.13. The number of nitrogens with one attached hydrogen (secondary N) is 3. The predicted molar refractivity (Wildman–Crippen MR) is 129 cm³/mol. The average molecular weight is 624 g/mol. The Bertz CT molecular complexity index is 949. The number of thiocarbonyl (C=S) groups is 1. The summed E-state index contributed by atoms with van der Waals surface area (Å²) in [6, 6.07) is 8.61. The number of aryl methyl sites for hydroxylation is 1. The Hall–Kier alpha value is -1.69. The van der Waals surface area contributed by atoms with Crippen molar-refractivity contribution in [3.8, 4) is 11.5 Å². The van der Waals surface area contributed by atoms with Gasteiger partial charge in [0.15, 0.2) is 11.7 Å². The van der Waals surface area contributed by atoms with Gasteiger partial charge in [-0.15, -0.1) is 0 Å². The molecule has 0 aliphatic carbocycles. The second-order valence-electron chi connectivity index (χ2n) is 5.86. The van der Waals surface area contributed by atoms with Gasteiger partial charge in [0.1, 0.15) is 11.5 Å². The lowest BCUT2D eigenvalue weighted by Crippen LogP contribution is -2.49. The molecule has 0 aliphatic rings. The van der Waals surface area contributed by atoms with E-state index in [1.165, 1.54) is 0 Å². The molecule has 0 fully saturated rings. The molecular weight excluding hydrogens is 606 g/mol. The lowest BCUT2D eigenvalue weighted by atomic mass is 10.2. The number of carbonyl (C=O) groups excluding carboxylic acids is 2. The lowest BCUT2D eigenvalue weighted by Gasteiger charge is -2.14. The Balaban J connectivity index is 1.82. The first-order chi connectivity index (χ1) is 14.2. The van der Waals surface area contributed by atoms with Gasteiger partial charge in [-0.05, 0) is 93.8 Å². The Morgan fingerprint density at radius 1 is 1.03 bits per heavy atom. The number of ether oxygens (including phenoxy) is 2. The van der Waals surface area contributed by atoms with E-state index in [-0.39, 0.29) is 11.7 Å². The van der Waals surface area contributed by atoms with Crippen molar-refractivity contribution in [3.63, 3.8) is 0 Å². The van der Waals surface area contributed by atoms with Crippen LogP contribution in [0.3, 0.4) is 0 Å². The first-order valence-electron chi connectivity index (χ1n) is 8.62. The Morgan fingerprint density at radius 3 is 2.40 bits per heavy atom. The van der Waals surface area contributed by atoms with Gasteiger partial charge in [-0.3, -0.25) is 25.8 Å². The van der Waals surface area contributed by atoms with Crippen LogP contribution >= 0.6 is 60.0 Å². The molecule has 0 radical (unpaired) electrons. The molecule has 30 heavy (non-hydrogen) atoms. The minimum absolute atomic E-state index is 0.0561. The minimum atomic E-state index is -0.468. The van der Waals surface area contributed by atoms with Gasteiger partial charge in [0.05, 0.1) is 15.6 Å². The average Bonchev–Trinajstić information content (AvgIpc) is 2.67. The normalized spacial score (nSPS) is 10.2. The first-order valence-corrected chi connectivity index (χ1v) is 11.4. The Kier molecular flexibility index (Phi) is 9.53. The van der Waals surface area contributed by atoms with Crippen LogP contribution in [-0.2, 0) is 4.79 Å². The standard InChI is InChI=1S/C19H18Br3N3O4S/c1-3-28-15-5-4-11(7-13(15)21)18(27)23-19(30)25-24-16(26)9-29-17-10(2)6-12(20)8-14(17)22/h4-8H,3,9H2,1-2H3,(H,24,26)(H2,23,25,27,30). The van der Waals surface area contributed by atoms with Crippen LogP contribution in [0, 0.1) is 6.92 Å². The van der Waals surface area contributed by atoms with E-state index in [0.29, 0.717) is 28.1 Å². The number of amides is 2. The summed E-state index contributed by atoms with van der Waals surface area (Å²) < 4.78 is 13.2. The molecule has 160 valence electrons. The highest BCUT2D eigenvalue weighted by molar-refractivity contribution is 9.11. The number of hydrogen-bond acceptors (Lipinski definition) is 5. The molecule has 2 rings (SSSR count). The van der Waals surface area contributed by atoms with Crippen molar-refractivity contribution in [2.24, 2.45) is 0 Å². The van der Waals surface area contributed by atoms with Crippen molar-refractivity contribution in [2.45, 2.75) is 13.8 Å². The van der Waals surface area contributed by atoms with Gasteiger partial charge in [-0.25, -0.2) is 0 Å². The van der Waals surface area contributed by atoms with Gasteiger partial charge in [0.2, 0.25) is 0 Å².